The summed E-state index contributed by atoms with van der Waals surface area (Å²) >= 11 is 6.19. The molecule has 2 aromatic carbocycles. The third-order valence-electron chi connectivity index (χ3n) is 2.71. The Kier molecular flexibility index (Phi) is 4.38. The summed E-state index contributed by atoms with van der Waals surface area (Å²) in [5, 5.41) is -0.730. The van der Waals surface area contributed by atoms with Gasteiger partial charge in [0.25, 0.3) is 0 Å². The Morgan fingerprint density at radius 1 is 1.11 bits per heavy atom. The van der Waals surface area contributed by atoms with Crippen molar-refractivity contribution in [2.75, 3.05) is 6.61 Å². The molecule has 0 aliphatic carbocycles. The molecule has 0 heterocycles. The summed E-state index contributed by atoms with van der Waals surface area (Å²) in [4.78, 5) is 0. The van der Waals surface area contributed by atoms with E-state index in [4.69, 9.17) is 16.3 Å². The number of hydrogen-bond donors (Lipinski definition) is 0. The summed E-state index contributed by atoms with van der Waals surface area (Å²) in [6.45, 7) is 2.46. The molecule has 0 saturated heterocycles. The van der Waals surface area contributed by atoms with Gasteiger partial charge in [0.05, 0.1) is 12.0 Å². The minimum absolute atomic E-state index is 0.130. The maximum absolute atomic E-state index is 13.6. The first kappa shape index (κ1) is 13.8. The Morgan fingerprint density at radius 2 is 1.79 bits per heavy atom. The van der Waals surface area contributed by atoms with Gasteiger partial charge in [0, 0.05) is 5.56 Å². The molecule has 0 fully saturated rings. The quantitative estimate of drug-likeness (QED) is 0.739. The second-order valence-electron chi connectivity index (χ2n) is 4.03. The molecule has 1 nitrogen and oxygen atoms in total. The molecule has 0 bridgehead atoms. The third kappa shape index (κ3) is 3.24. The fourth-order valence-electron chi connectivity index (χ4n) is 1.79. The monoisotopic (exact) mass is 282 g/mol. The van der Waals surface area contributed by atoms with Crippen LogP contribution in [0.25, 0.3) is 0 Å². The van der Waals surface area contributed by atoms with Gasteiger partial charge in [-0.05, 0) is 42.8 Å². The van der Waals surface area contributed by atoms with Crippen LogP contribution in [0.15, 0.2) is 42.5 Å². The van der Waals surface area contributed by atoms with Crippen LogP contribution in [0.4, 0.5) is 8.78 Å². The molecule has 0 aliphatic rings. The Morgan fingerprint density at radius 3 is 2.42 bits per heavy atom. The molecule has 0 radical (unpaired) electrons. The van der Waals surface area contributed by atoms with Crippen molar-refractivity contribution >= 4 is 11.6 Å². The first-order chi connectivity index (χ1) is 9.11. The first-order valence-corrected chi connectivity index (χ1v) is 6.37. The van der Waals surface area contributed by atoms with E-state index < -0.39 is 17.0 Å². The standard InChI is InChI=1S/C15H13ClF2O/c1-2-19-12-6-3-10(4-7-12)15(16)13-9-11(17)5-8-14(13)18/h3-9,15H,2H2,1H3. The number of rotatable bonds is 4. The normalized spacial score (nSPS) is 12.2. The van der Waals surface area contributed by atoms with Crippen LogP contribution in [0.2, 0.25) is 0 Å². The predicted octanol–water partition coefficient (Wildman–Crippen LogP) is 4.69. The fourth-order valence-corrected chi connectivity index (χ4v) is 2.10. The molecular formula is C15H13ClF2O. The summed E-state index contributed by atoms with van der Waals surface area (Å²) < 4.78 is 32.1. The Balaban J connectivity index is 2.27. The van der Waals surface area contributed by atoms with Gasteiger partial charge < -0.3 is 4.74 Å². The second-order valence-corrected chi connectivity index (χ2v) is 4.47. The van der Waals surface area contributed by atoms with E-state index in [-0.39, 0.29) is 5.56 Å². The highest BCUT2D eigenvalue weighted by Gasteiger charge is 2.16. The third-order valence-corrected chi connectivity index (χ3v) is 3.20. The minimum atomic E-state index is -0.730. The van der Waals surface area contributed by atoms with Crippen molar-refractivity contribution in [2.45, 2.75) is 12.3 Å². The highest BCUT2D eigenvalue weighted by atomic mass is 35.5. The maximum atomic E-state index is 13.6. The van der Waals surface area contributed by atoms with E-state index in [1.807, 2.05) is 6.92 Å². The van der Waals surface area contributed by atoms with Crippen molar-refractivity contribution in [3.8, 4) is 5.75 Å². The largest absolute Gasteiger partial charge is 0.494 e. The van der Waals surface area contributed by atoms with Crippen LogP contribution < -0.4 is 4.74 Å². The lowest BCUT2D eigenvalue weighted by Gasteiger charge is -2.12. The topological polar surface area (TPSA) is 9.23 Å². The van der Waals surface area contributed by atoms with Crippen molar-refractivity contribution in [1.82, 2.24) is 0 Å². The van der Waals surface area contributed by atoms with E-state index in [9.17, 15) is 8.78 Å². The van der Waals surface area contributed by atoms with Gasteiger partial charge in [-0.25, -0.2) is 8.78 Å². The highest BCUT2D eigenvalue weighted by Crippen LogP contribution is 2.31. The molecule has 4 heteroatoms. The van der Waals surface area contributed by atoms with E-state index in [1.54, 1.807) is 24.3 Å². The average molecular weight is 283 g/mol. The lowest BCUT2D eigenvalue weighted by molar-refractivity contribution is 0.340. The smallest absolute Gasteiger partial charge is 0.128 e. The van der Waals surface area contributed by atoms with Crippen LogP contribution in [-0.2, 0) is 0 Å². The lowest BCUT2D eigenvalue weighted by atomic mass is 10.0. The minimum Gasteiger partial charge on any atom is -0.494 e. The van der Waals surface area contributed by atoms with Crippen molar-refractivity contribution in [2.24, 2.45) is 0 Å². The fraction of sp³-hybridized carbons (Fsp3) is 0.200. The lowest BCUT2D eigenvalue weighted by Crippen LogP contribution is -1.98. The number of alkyl halides is 1. The van der Waals surface area contributed by atoms with Gasteiger partial charge in [0.2, 0.25) is 0 Å². The average Bonchev–Trinajstić information content (AvgIpc) is 2.42. The molecule has 0 N–H and O–H groups in total. The zero-order valence-corrected chi connectivity index (χ0v) is 11.1. The van der Waals surface area contributed by atoms with E-state index in [1.165, 1.54) is 0 Å². The van der Waals surface area contributed by atoms with Gasteiger partial charge >= 0.3 is 0 Å². The summed E-state index contributed by atoms with van der Waals surface area (Å²) in [6, 6.07) is 10.3. The Labute approximate surface area is 115 Å². The van der Waals surface area contributed by atoms with E-state index in [2.05, 4.69) is 0 Å². The molecule has 2 rings (SSSR count). The molecule has 100 valence electrons. The molecule has 0 aromatic heterocycles. The van der Waals surface area contributed by atoms with Crippen LogP contribution in [0.3, 0.4) is 0 Å². The molecular weight excluding hydrogens is 270 g/mol. The van der Waals surface area contributed by atoms with E-state index >= 15 is 0 Å². The molecule has 1 unspecified atom stereocenters. The van der Waals surface area contributed by atoms with Gasteiger partial charge in [-0.3, -0.25) is 0 Å². The molecule has 0 saturated carbocycles. The van der Waals surface area contributed by atoms with E-state index in [0.717, 1.165) is 23.9 Å². The van der Waals surface area contributed by atoms with E-state index in [0.29, 0.717) is 12.2 Å². The van der Waals surface area contributed by atoms with Crippen molar-refractivity contribution in [3.63, 3.8) is 0 Å². The Bertz CT molecular complexity index is 555. The van der Waals surface area contributed by atoms with Gasteiger partial charge in [0.1, 0.15) is 17.4 Å². The van der Waals surface area contributed by atoms with Gasteiger partial charge in [-0.15, -0.1) is 11.6 Å². The zero-order chi connectivity index (χ0) is 13.8. The molecule has 0 amide bonds. The van der Waals surface area contributed by atoms with Gasteiger partial charge in [-0.2, -0.15) is 0 Å². The maximum Gasteiger partial charge on any atom is 0.128 e. The van der Waals surface area contributed by atoms with Crippen molar-refractivity contribution in [1.29, 1.82) is 0 Å². The van der Waals surface area contributed by atoms with Crippen LogP contribution in [-0.4, -0.2) is 6.61 Å². The van der Waals surface area contributed by atoms with Crippen molar-refractivity contribution in [3.05, 3.63) is 65.2 Å². The van der Waals surface area contributed by atoms with Crippen LogP contribution >= 0.6 is 11.6 Å². The number of halogens is 3. The summed E-state index contributed by atoms with van der Waals surface area (Å²) in [6.07, 6.45) is 0. The molecule has 0 aliphatic heterocycles. The zero-order valence-electron chi connectivity index (χ0n) is 10.4. The van der Waals surface area contributed by atoms with Gasteiger partial charge in [-0.1, -0.05) is 12.1 Å². The molecule has 2 aromatic rings. The summed E-state index contributed by atoms with van der Waals surface area (Å²) in [5.41, 5.74) is 0.820. The second kappa shape index (κ2) is 6.02. The Hall–Kier alpha value is -1.61. The van der Waals surface area contributed by atoms with Gasteiger partial charge in [0.15, 0.2) is 0 Å². The molecule has 19 heavy (non-hydrogen) atoms. The number of ether oxygens (including phenoxy) is 1. The summed E-state index contributed by atoms with van der Waals surface area (Å²) in [5.74, 6) is -0.307. The van der Waals surface area contributed by atoms with Crippen LogP contribution in [0.1, 0.15) is 23.4 Å². The SMILES string of the molecule is CCOc1ccc(C(Cl)c2cc(F)ccc2F)cc1. The van der Waals surface area contributed by atoms with Crippen LogP contribution in [0.5, 0.6) is 5.75 Å². The highest BCUT2D eigenvalue weighted by molar-refractivity contribution is 6.22. The number of benzene rings is 2. The predicted molar refractivity (Wildman–Crippen MR) is 71.7 cm³/mol. The molecule has 0 spiro atoms. The molecule has 1 atom stereocenters. The summed E-state index contributed by atoms with van der Waals surface area (Å²) in [7, 11) is 0. The first-order valence-electron chi connectivity index (χ1n) is 5.93. The number of hydrogen-bond acceptors (Lipinski definition) is 1. The van der Waals surface area contributed by atoms with Crippen molar-refractivity contribution < 1.29 is 13.5 Å². The van der Waals surface area contributed by atoms with Crippen LogP contribution in [0, 0.1) is 11.6 Å².